The summed E-state index contributed by atoms with van der Waals surface area (Å²) in [6.45, 7) is 2.46. The van der Waals surface area contributed by atoms with Crippen LogP contribution in [0.5, 0.6) is 5.75 Å². The van der Waals surface area contributed by atoms with Crippen molar-refractivity contribution in [2.45, 2.75) is 55.5 Å². The van der Waals surface area contributed by atoms with E-state index in [4.69, 9.17) is 4.74 Å². The van der Waals surface area contributed by atoms with Gasteiger partial charge >= 0.3 is 0 Å². The van der Waals surface area contributed by atoms with Crippen LogP contribution < -0.4 is 10.2 Å². The van der Waals surface area contributed by atoms with E-state index in [-0.39, 0.29) is 19.0 Å². The number of sulfonamides is 1. The maximum atomic E-state index is 13.5. The van der Waals surface area contributed by atoms with Gasteiger partial charge in [0, 0.05) is 25.9 Å². The van der Waals surface area contributed by atoms with Gasteiger partial charge in [0.15, 0.2) is 4.75 Å². The number of nitrogens with one attached hydrogen (secondary N) is 1. The second-order valence-electron chi connectivity index (χ2n) is 9.46. The van der Waals surface area contributed by atoms with Crippen LogP contribution in [0.15, 0.2) is 42.5 Å². The number of carbonyl (C=O) groups excluding carboxylic acids is 1. The summed E-state index contributed by atoms with van der Waals surface area (Å²) in [4.78, 5) is 12.4. The van der Waals surface area contributed by atoms with E-state index in [1.165, 1.54) is 9.79 Å². The molecule has 1 aliphatic heterocycles. The first-order valence-corrected chi connectivity index (χ1v) is 13.1. The Labute approximate surface area is 205 Å². The summed E-state index contributed by atoms with van der Waals surface area (Å²) in [5, 5.41) is 29.2. The molecule has 1 heterocycles. The van der Waals surface area contributed by atoms with E-state index in [0.717, 1.165) is 28.0 Å². The number of hydrogen-bond acceptors (Lipinski definition) is 7. The molecular formula is C25H32N2O7S. The molecule has 4 N–H and O–H groups in total. The van der Waals surface area contributed by atoms with Gasteiger partial charge in [0.2, 0.25) is 10.0 Å². The third kappa shape index (κ3) is 4.56. The molecule has 1 saturated heterocycles. The molecule has 0 aromatic heterocycles. The highest BCUT2D eigenvalue weighted by Crippen LogP contribution is 2.42. The van der Waals surface area contributed by atoms with Crippen molar-refractivity contribution in [1.29, 1.82) is 0 Å². The third-order valence-electron chi connectivity index (χ3n) is 7.43. The van der Waals surface area contributed by atoms with Crippen molar-refractivity contribution in [2.24, 2.45) is 0 Å². The molecular weight excluding hydrogens is 472 g/mol. The zero-order valence-corrected chi connectivity index (χ0v) is 20.7. The zero-order chi connectivity index (χ0) is 25.4. The van der Waals surface area contributed by atoms with Gasteiger partial charge in [-0.1, -0.05) is 30.3 Å². The molecule has 0 spiro atoms. The number of methoxy groups -OCH3 is 1. The van der Waals surface area contributed by atoms with Gasteiger partial charge in [0.1, 0.15) is 5.75 Å². The molecule has 1 amide bonds. The van der Waals surface area contributed by atoms with Crippen molar-refractivity contribution in [1.82, 2.24) is 9.79 Å². The van der Waals surface area contributed by atoms with Crippen LogP contribution in [0.4, 0.5) is 0 Å². The first-order chi connectivity index (χ1) is 16.6. The molecule has 9 nitrogen and oxygen atoms in total. The normalized spacial score (nSPS) is 26.0. The molecule has 1 saturated carbocycles. The Morgan fingerprint density at radius 2 is 1.74 bits per heavy atom. The Hall–Kier alpha value is -2.50. The van der Waals surface area contributed by atoms with Gasteiger partial charge in [-0.25, -0.2) is 18.2 Å². The minimum Gasteiger partial charge on any atom is -0.497 e. The first kappa shape index (κ1) is 25.6. The fourth-order valence-corrected chi connectivity index (χ4v) is 7.61. The molecule has 2 atom stereocenters. The van der Waals surface area contributed by atoms with Crippen LogP contribution in [0.2, 0.25) is 0 Å². The highest BCUT2D eigenvalue weighted by molar-refractivity contribution is 7.91. The van der Waals surface area contributed by atoms with Crippen LogP contribution >= 0.6 is 0 Å². The predicted molar refractivity (Wildman–Crippen MR) is 130 cm³/mol. The molecule has 0 bridgehead atoms. The van der Waals surface area contributed by atoms with Crippen molar-refractivity contribution in [2.75, 3.05) is 20.2 Å². The molecule has 35 heavy (non-hydrogen) atoms. The summed E-state index contributed by atoms with van der Waals surface area (Å²) in [5.74, 6) is -0.185. The van der Waals surface area contributed by atoms with E-state index in [2.05, 4.69) is 18.2 Å². The van der Waals surface area contributed by atoms with Crippen molar-refractivity contribution >= 4 is 15.9 Å². The number of aliphatic hydroxyl groups excluding tert-OH is 2. The summed E-state index contributed by atoms with van der Waals surface area (Å²) < 4.78 is 31.4. The summed E-state index contributed by atoms with van der Waals surface area (Å²) in [6.07, 6.45) is -2.50. The Kier molecular flexibility index (Phi) is 7.21. The number of piperidine rings is 1. The molecule has 1 aliphatic carbocycles. The van der Waals surface area contributed by atoms with Crippen molar-refractivity contribution in [3.05, 3.63) is 53.6 Å². The van der Waals surface area contributed by atoms with Crippen molar-refractivity contribution < 1.29 is 33.4 Å². The number of aliphatic hydroxyl groups is 2. The number of nitrogens with zero attached hydrogens (tertiary/aromatic N) is 1. The highest BCUT2D eigenvalue weighted by atomic mass is 32.2. The van der Waals surface area contributed by atoms with Crippen molar-refractivity contribution in [3.63, 3.8) is 0 Å². The quantitative estimate of drug-likeness (QED) is 0.349. The van der Waals surface area contributed by atoms with Crippen LogP contribution in [-0.4, -0.2) is 71.2 Å². The smallest absolute Gasteiger partial charge is 0.266 e. The van der Waals surface area contributed by atoms with Crippen LogP contribution in [0.1, 0.15) is 42.7 Å². The predicted octanol–water partition coefficient (Wildman–Crippen LogP) is 1.94. The lowest BCUT2D eigenvalue weighted by atomic mass is 9.87. The molecule has 0 radical (unpaired) electrons. The fraction of sp³-hybridized carbons (Fsp3) is 0.480. The lowest BCUT2D eigenvalue weighted by Crippen LogP contribution is -2.57. The summed E-state index contributed by atoms with van der Waals surface area (Å²) >= 11 is 0. The third-order valence-corrected chi connectivity index (χ3v) is 9.98. The maximum absolute atomic E-state index is 13.5. The number of carbonyl (C=O) groups is 1. The van der Waals surface area contributed by atoms with Crippen LogP contribution in [0.3, 0.4) is 0 Å². The lowest BCUT2D eigenvalue weighted by Gasteiger charge is -2.37. The highest BCUT2D eigenvalue weighted by Gasteiger charge is 2.60. The van der Waals surface area contributed by atoms with E-state index >= 15 is 0 Å². The molecule has 2 aliphatic rings. The van der Waals surface area contributed by atoms with Gasteiger partial charge in [-0.2, -0.15) is 0 Å². The van der Waals surface area contributed by atoms with Crippen LogP contribution in [-0.2, 0) is 14.8 Å². The van der Waals surface area contributed by atoms with E-state index in [0.29, 0.717) is 12.8 Å². The zero-order valence-electron chi connectivity index (χ0n) is 19.8. The molecule has 2 aromatic carbocycles. The number of benzene rings is 2. The summed E-state index contributed by atoms with van der Waals surface area (Å²) in [5.41, 5.74) is 5.82. The Morgan fingerprint density at radius 3 is 2.31 bits per heavy atom. The molecule has 2 unspecified atom stereocenters. The average Bonchev–Trinajstić information content (AvgIpc) is 3.19. The second kappa shape index (κ2) is 9.87. The number of rotatable bonds is 6. The standard InChI is InChI=1S/C25H32N2O7S/c1-16-12-18(6-7-21(16)19-4-3-5-20(13-19)34-2)17-8-10-27(11-9-17)35(32,33)25(24(30)26-31)14-22(28)23(29)15-25/h3-7,12-13,17,22-23,28-29,31H,8-11,14-15H2,1-2H3,(H,26,30). The number of hydroxylamine groups is 1. The van der Waals surface area contributed by atoms with E-state index in [9.17, 15) is 28.6 Å². The van der Waals surface area contributed by atoms with Gasteiger partial charge in [-0.05, 0) is 60.1 Å². The Bertz CT molecular complexity index is 1180. The van der Waals surface area contributed by atoms with Crippen molar-refractivity contribution in [3.8, 4) is 16.9 Å². The van der Waals surface area contributed by atoms with Gasteiger partial charge < -0.3 is 14.9 Å². The largest absolute Gasteiger partial charge is 0.497 e. The lowest BCUT2D eigenvalue weighted by molar-refractivity contribution is -0.132. The maximum Gasteiger partial charge on any atom is 0.266 e. The topological polar surface area (TPSA) is 136 Å². The van der Waals surface area contributed by atoms with Crippen LogP contribution in [0.25, 0.3) is 11.1 Å². The number of aryl methyl sites for hydroxylation is 1. The van der Waals surface area contributed by atoms with Crippen LogP contribution in [0, 0.1) is 6.92 Å². The van der Waals surface area contributed by atoms with Gasteiger partial charge in [-0.3, -0.25) is 10.0 Å². The SMILES string of the molecule is COc1cccc(-c2ccc(C3CCN(S(=O)(=O)C4(C(=O)NO)CC(O)C(O)C4)CC3)cc2C)c1. The first-order valence-electron chi connectivity index (χ1n) is 11.7. The fourth-order valence-electron chi connectivity index (χ4n) is 5.38. The second-order valence-corrected chi connectivity index (χ2v) is 11.7. The molecule has 190 valence electrons. The van der Waals surface area contributed by atoms with E-state index < -0.39 is 45.7 Å². The number of ether oxygens (including phenoxy) is 1. The molecule has 2 aromatic rings. The number of hydrogen-bond donors (Lipinski definition) is 4. The summed E-state index contributed by atoms with van der Waals surface area (Å²) in [6, 6.07) is 14.1. The minimum atomic E-state index is -4.23. The molecule has 4 rings (SSSR count). The van der Waals surface area contributed by atoms with E-state index in [1.807, 2.05) is 31.2 Å². The average molecular weight is 505 g/mol. The van der Waals surface area contributed by atoms with Gasteiger partial charge in [0.25, 0.3) is 5.91 Å². The van der Waals surface area contributed by atoms with Gasteiger partial charge in [-0.15, -0.1) is 0 Å². The molecule has 10 heteroatoms. The minimum absolute atomic E-state index is 0.155. The van der Waals surface area contributed by atoms with Gasteiger partial charge in [0.05, 0.1) is 19.3 Å². The number of amides is 1. The monoisotopic (exact) mass is 504 g/mol. The Balaban J connectivity index is 1.50. The molecule has 2 fully saturated rings. The Morgan fingerprint density at radius 1 is 1.09 bits per heavy atom. The summed E-state index contributed by atoms with van der Waals surface area (Å²) in [7, 11) is -2.60. The van der Waals surface area contributed by atoms with E-state index in [1.54, 1.807) is 7.11 Å².